The van der Waals surface area contributed by atoms with Gasteiger partial charge in [-0.15, -0.1) is 0 Å². The summed E-state index contributed by atoms with van der Waals surface area (Å²) in [7, 11) is 0. The maximum Gasteiger partial charge on any atom is 0.335 e. The monoisotopic (exact) mass is 433 g/mol. The van der Waals surface area contributed by atoms with Crippen LogP contribution < -0.4 is 4.74 Å². The van der Waals surface area contributed by atoms with Gasteiger partial charge in [-0.2, -0.15) is 9.97 Å². The molecule has 0 aliphatic carbocycles. The third-order valence-corrected chi connectivity index (χ3v) is 4.81. The number of aliphatic hydroxyl groups is 1. The number of aromatic nitrogens is 3. The fourth-order valence-corrected chi connectivity index (χ4v) is 3.19. The van der Waals surface area contributed by atoms with Gasteiger partial charge in [-0.25, -0.2) is 9.78 Å². The first-order valence-electron chi connectivity index (χ1n) is 10.2. The minimum atomic E-state index is -1.48. The molecule has 0 radical (unpaired) electrons. The normalized spacial score (nSPS) is 11.7. The van der Waals surface area contributed by atoms with E-state index in [1.165, 1.54) is 6.92 Å². The molecule has 1 unspecified atom stereocenters. The summed E-state index contributed by atoms with van der Waals surface area (Å²) in [4.78, 5) is 25.2. The number of rotatable bonds is 7. The van der Waals surface area contributed by atoms with Crippen molar-refractivity contribution in [3.8, 4) is 28.8 Å². The zero-order valence-electron chi connectivity index (χ0n) is 19.0. The van der Waals surface area contributed by atoms with E-state index < -0.39 is 12.3 Å². The van der Waals surface area contributed by atoms with Crippen molar-refractivity contribution in [3.05, 3.63) is 70.8 Å². The number of carbonyl (C=O) groups excluding carboxylic acids is 1. The van der Waals surface area contributed by atoms with Crippen molar-refractivity contribution in [1.29, 1.82) is 0 Å². The Morgan fingerprint density at radius 2 is 1.44 bits per heavy atom. The molecule has 32 heavy (non-hydrogen) atoms. The maximum absolute atomic E-state index is 11.6. The Bertz CT molecular complexity index is 1100. The van der Waals surface area contributed by atoms with E-state index in [4.69, 9.17) is 14.5 Å². The van der Waals surface area contributed by atoms with Crippen LogP contribution in [0.3, 0.4) is 0 Å². The number of nitrogens with zero attached hydrogens (tertiary/aromatic N) is 3. The lowest BCUT2D eigenvalue weighted by Gasteiger charge is -2.14. The van der Waals surface area contributed by atoms with Crippen molar-refractivity contribution < 1.29 is 19.4 Å². The average molecular weight is 434 g/mol. The highest BCUT2D eigenvalue weighted by Crippen LogP contribution is 2.27. The molecule has 3 aromatic rings. The summed E-state index contributed by atoms with van der Waals surface area (Å²) in [6, 6.07) is 12.0. The number of esters is 1. The fraction of sp³-hybridized carbons (Fsp3) is 0.280. The molecule has 0 saturated carbocycles. The van der Waals surface area contributed by atoms with E-state index in [0.29, 0.717) is 11.6 Å². The van der Waals surface area contributed by atoms with Crippen LogP contribution in [0.1, 0.15) is 29.2 Å². The lowest BCUT2D eigenvalue weighted by atomic mass is 10.0. The number of ether oxygens (including phenoxy) is 2. The third kappa shape index (κ3) is 5.56. The van der Waals surface area contributed by atoms with Crippen molar-refractivity contribution in [2.45, 2.75) is 40.9 Å². The van der Waals surface area contributed by atoms with Crippen molar-refractivity contribution in [1.82, 2.24) is 15.0 Å². The van der Waals surface area contributed by atoms with Crippen LogP contribution in [-0.4, -0.2) is 38.9 Å². The van der Waals surface area contributed by atoms with Crippen LogP contribution in [0.5, 0.6) is 6.01 Å². The van der Waals surface area contributed by atoms with E-state index in [2.05, 4.69) is 28.7 Å². The van der Waals surface area contributed by atoms with Gasteiger partial charge in [0.15, 0.2) is 18.3 Å². The highest BCUT2D eigenvalue weighted by atomic mass is 16.7. The number of carbonyl (C=O) groups is 1. The lowest BCUT2D eigenvalue weighted by Crippen LogP contribution is -2.25. The molecule has 1 heterocycles. The summed E-state index contributed by atoms with van der Waals surface area (Å²) in [5.74, 6) is 0.204. The molecule has 0 fully saturated rings. The predicted molar refractivity (Wildman–Crippen MR) is 122 cm³/mol. The largest absolute Gasteiger partial charge is 0.457 e. The second-order valence-corrected chi connectivity index (χ2v) is 7.85. The Morgan fingerprint density at radius 3 is 1.88 bits per heavy atom. The summed E-state index contributed by atoms with van der Waals surface area (Å²) in [5, 5.41) is 9.97. The highest BCUT2D eigenvalue weighted by Gasteiger charge is 2.17. The van der Waals surface area contributed by atoms with E-state index in [1.807, 2.05) is 52.0 Å². The summed E-state index contributed by atoms with van der Waals surface area (Å²) in [6.45, 7) is 12.7. The molecule has 3 rings (SSSR count). The minimum absolute atomic E-state index is 0.0235. The highest BCUT2D eigenvalue weighted by molar-refractivity contribution is 5.87. The number of aryl methyl sites for hydroxylation is 4. The van der Waals surface area contributed by atoms with E-state index in [1.54, 1.807) is 0 Å². The molecule has 0 aliphatic rings. The van der Waals surface area contributed by atoms with Crippen molar-refractivity contribution >= 4 is 5.97 Å². The second kappa shape index (κ2) is 9.70. The van der Waals surface area contributed by atoms with Crippen molar-refractivity contribution in [3.63, 3.8) is 0 Å². The predicted octanol–water partition coefficient (Wildman–Crippen LogP) is 4.26. The first-order chi connectivity index (χ1) is 15.1. The van der Waals surface area contributed by atoms with Gasteiger partial charge in [0.1, 0.15) is 0 Å². The summed E-state index contributed by atoms with van der Waals surface area (Å²) >= 11 is 0. The van der Waals surface area contributed by atoms with Crippen LogP contribution in [-0.2, 0) is 9.53 Å². The van der Waals surface area contributed by atoms with Gasteiger partial charge in [-0.1, -0.05) is 54.1 Å². The summed E-state index contributed by atoms with van der Waals surface area (Å²) in [6.07, 6.45) is -1.48. The molecule has 1 atom stereocenters. The number of hydrogen-bond acceptors (Lipinski definition) is 7. The molecule has 1 aromatic heterocycles. The molecule has 0 amide bonds. The Morgan fingerprint density at radius 1 is 0.938 bits per heavy atom. The van der Waals surface area contributed by atoms with Crippen LogP contribution in [0.15, 0.2) is 48.6 Å². The van der Waals surface area contributed by atoms with E-state index in [0.717, 1.165) is 33.4 Å². The van der Waals surface area contributed by atoms with Crippen LogP contribution >= 0.6 is 0 Å². The summed E-state index contributed by atoms with van der Waals surface area (Å²) < 4.78 is 10.4. The van der Waals surface area contributed by atoms with Crippen molar-refractivity contribution in [2.75, 3.05) is 6.61 Å². The molecule has 2 aromatic carbocycles. The van der Waals surface area contributed by atoms with E-state index >= 15 is 0 Å². The molecule has 7 nitrogen and oxygen atoms in total. The molecular formula is C25H27N3O4. The van der Waals surface area contributed by atoms with Gasteiger partial charge in [0.2, 0.25) is 6.29 Å². The molecule has 166 valence electrons. The molecule has 1 N–H and O–H groups in total. The molecular weight excluding hydrogens is 406 g/mol. The van der Waals surface area contributed by atoms with Crippen LogP contribution in [0.2, 0.25) is 0 Å². The topological polar surface area (TPSA) is 94.4 Å². The Balaban J connectivity index is 1.98. The zero-order chi connectivity index (χ0) is 23.4. The molecule has 0 bridgehead atoms. The van der Waals surface area contributed by atoms with Crippen LogP contribution in [0.4, 0.5) is 0 Å². The molecule has 0 spiro atoms. The molecule has 0 saturated heterocycles. The minimum Gasteiger partial charge on any atom is -0.457 e. The smallest absolute Gasteiger partial charge is 0.335 e. The fourth-order valence-electron chi connectivity index (χ4n) is 3.19. The second-order valence-electron chi connectivity index (χ2n) is 7.85. The first kappa shape index (κ1) is 23.1. The quantitative estimate of drug-likeness (QED) is 0.338. The Hall–Kier alpha value is -3.58. The SMILES string of the molecule is C=C(C)C(=O)OC(O)COc1nc(-c2ccc(C)cc2C)nc(-c2ccc(C)cc2C)n1. The van der Waals surface area contributed by atoms with E-state index in [-0.39, 0.29) is 18.2 Å². The van der Waals surface area contributed by atoms with Crippen LogP contribution in [0.25, 0.3) is 22.8 Å². The van der Waals surface area contributed by atoms with Gasteiger partial charge in [0.05, 0.1) is 0 Å². The van der Waals surface area contributed by atoms with Gasteiger partial charge in [0, 0.05) is 16.7 Å². The standard InChI is InChI=1S/C25H27N3O4/c1-14(2)24(30)32-21(29)13-31-25-27-22(19-9-7-15(3)11-17(19)5)26-23(28-25)20-10-8-16(4)12-18(20)6/h7-12,21,29H,1,13H2,2-6H3. The Kier molecular flexibility index (Phi) is 7.00. The van der Waals surface area contributed by atoms with E-state index in [9.17, 15) is 9.90 Å². The van der Waals surface area contributed by atoms with Gasteiger partial charge in [-0.05, 0) is 45.7 Å². The van der Waals surface area contributed by atoms with Gasteiger partial charge in [0.25, 0.3) is 0 Å². The molecule has 7 heteroatoms. The number of aliphatic hydroxyl groups excluding tert-OH is 1. The molecule has 0 aliphatic heterocycles. The number of hydrogen-bond donors (Lipinski definition) is 1. The van der Waals surface area contributed by atoms with Gasteiger partial charge < -0.3 is 14.6 Å². The lowest BCUT2D eigenvalue weighted by molar-refractivity contribution is -0.167. The summed E-state index contributed by atoms with van der Waals surface area (Å²) in [5.41, 5.74) is 6.18. The maximum atomic E-state index is 11.6. The number of benzene rings is 2. The zero-order valence-corrected chi connectivity index (χ0v) is 19.0. The first-order valence-corrected chi connectivity index (χ1v) is 10.2. The van der Waals surface area contributed by atoms with Crippen molar-refractivity contribution in [2.24, 2.45) is 0 Å². The third-order valence-electron chi connectivity index (χ3n) is 4.81. The van der Waals surface area contributed by atoms with Crippen LogP contribution in [0, 0.1) is 27.7 Å². The Labute approximate surface area is 187 Å². The van der Waals surface area contributed by atoms with Gasteiger partial charge in [-0.3, -0.25) is 0 Å². The average Bonchev–Trinajstić information content (AvgIpc) is 2.72. The van der Waals surface area contributed by atoms with Gasteiger partial charge >= 0.3 is 12.0 Å².